The van der Waals surface area contributed by atoms with Crippen LogP contribution in [-0.4, -0.2) is 0 Å². The van der Waals surface area contributed by atoms with Crippen molar-refractivity contribution in [3.63, 3.8) is 0 Å². The summed E-state index contributed by atoms with van der Waals surface area (Å²) in [6.07, 6.45) is 2.47. The van der Waals surface area contributed by atoms with Gasteiger partial charge in [-0.2, -0.15) is 0 Å². The predicted molar refractivity (Wildman–Crippen MR) is 52.9 cm³/mol. The van der Waals surface area contributed by atoms with Gasteiger partial charge < -0.3 is 4.42 Å². The molecule has 72 valence electrons. The molecule has 0 aliphatic carbocycles. The van der Waals surface area contributed by atoms with Crippen LogP contribution in [0.1, 0.15) is 30.7 Å². The fourth-order valence-electron chi connectivity index (χ4n) is 1.32. The number of hydrogen-bond acceptors (Lipinski definition) is 3. The van der Waals surface area contributed by atoms with Crippen LogP contribution >= 0.6 is 0 Å². The van der Waals surface area contributed by atoms with Gasteiger partial charge in [-0.05, 0) is 31.9 Å². The molecule has 3 N–H and O–H groups in total. The van der Waals surface area contributed by atoms with Crippen LogP contribution < -0.4 is 11.3 Å². The molecule has 1 aromatic rings. The summed E-state index contributed by atoms with van der Waals surface area (Å²) in [5.74, 6) is 6.32. The van der Waals surface area contributed by atoms with Gasteiger partial charge in [0, 0.05) is 0 Å². The van der Waals surface area contributed by atoms with E-state index >= 15 is 0 Å². The third-order valence-electron chi connectivity index (χ3n) is 1.97. The van der Waals surface area contributed by atoms with Crippen molar-refractivity contribution in [1.29, 1.82) is 0 Å². The van der Waals surface area contributed by atoms with Gasteiger partial charge in [0.1, 0.15) is 5.76 Å². The van der Waals surface area contributed by atoms with E-state index in [1.165, 1.54) is 0 Å². The Hall–Kier alpha value is -1.06. The zero-order chi connectivity index (χ0) is 9.84. The first-order valence-electron chi connectivity index (χ1n) is 4.29. The second-order valence-corrected chi connectivity index (χ2v) is 3.35. The highest BCUT2D eigenvalue weighted by atomic mass is 16.3. The lowest BCUT2D eigenvalue weighted by Crippen LogP contribution is -2.28. The van der Waals surface area contributed by atoms with Crippen LogP contribution in [0.5, 0.6) is 0 Å². The van der Waals surface area contributed by atoms with Crippen molar-refractivity contribution in [1.82, 2.24) is 5.43 Å². The van der Waals surface area contributed by atoms with Gasteiger partial charge in [-0.15, -0.1) is 6.58 Å². The summed E-state index contributed by atoms with van der Waals surface area (Å²) in [7, 11) is 0. The summed E-state index contributed by atoms with van der Waals surface area (Å²) in [6, 6.07) is 1.96. The second-order valence-electron chi connectivity index (χ2n) is 3.35. The number of aryl methyl sites for hydroxylation is 1. The van der Waals surface area contributed by atoms with Crippen LogP contribution in [0.2, 0.25) is 0 Å². The zero-order valence-corrected chi connectivity index (χ0v) is 8.13. The van der Waals surface area contributed by atoms with Crippen LogP contribution in [0.25, 0.3) is 0 Å². The third kappa shape index (κ3) is 2.44. The Kier molecular flexibility index (Phi) is 3.28. The molecule has 1 atom stereocenters. The molecule has 0 aromatic carbocycles. The normalized spacial score (nSPS) is 12.8. The molecule has 0 aliphatic heterocycles. The highest BCUT2D eigenvalue weighted by Gasteiger charge is 2.14. The van der Waals surface area contributed by atoms with E-state index in [0.29, 0.717) is 0 Å². The van der Waals surface area contributed by atoms with Crippen LogP contribution in [0, 0.1) is 6.92 Å². The van der Waals surface area contributed by atoms with Gasteiger partial charge in [0.05, 0.1) is 12.3 Å². The number of furan rings is 1. The van der Waals surface area contributed by atoms with E-state index in [1.54, 1.807) is 6.26 Å². The van der Waals surface area contributed by atoms with E-state index in [2.05, 4.69) is 12.0 Å². The van der Waals surface area contributed by atoms with Gasteiger partial charge in [0.2, 0.25) is 0 Å². The molecule has 1 heterocycles. The average Bonchev–Trinajstić information content (AvgIpc) is 2.47. The minimum atomic E-state index is 0.0347. The molecule has 3 nitrogen and oxygen atoms in total. The minimum absolute atomic E-state index is 0.0347. The van der Waals surface area contributed by atoms with Gasteiger partial charge in [-0.25, -0.2) is 5.43 Å². The molecule has 13 heavy (non-hydrogen) atoms. The molecule has 0 saturated heterocycles. The number of rotatable bonds is 4. The Balaban J connectivity index is 2.78. The SMILES string of the molecule is C=C(C)CC(NN)c1occc1C. The lowest BCUT2D eigenvalue weighted by atomic mass is 10.0. The number of hydrogen-bond donors (Lipinski definition) is 2. The van der Waals surface area contributed by atoms with Crippen LogP contribution in [-0.2, 0) is 0 Å². The van der Waals surface area contributed by atoms with Crippen molar-refractivity contribution in [2.45, 2.75) is 26.3 Å². The molecular weight excluding hydrogens is 164 g/mol. The minimum Gasteiger partial charge on any atom is -0.467 e. The van der Waals surface area contributed by atoms with Crippen molar-refractivity contribution in [3.05, 3.63) is 35.8 Å². The summed E-state index contributed by atoms with van der Waals surface area (Å²) < 4.78 is 5.33. The van der Waals surface area contributed by atoms with Crippen LogP contribution in [0.15, 0.2) is 28.9 Å². The lowest BCUT2D eigenvalue weighted by Gasteiger charge is -2.13. The Morgan fingerprint density at radius 3 is 2.85 bits per heavy atom. The van der Waals surface area contributed by atoms with Crippen molar-refractivity contribution in [2.75, 3.05) is 0 Å². The molecule has 0 spiro atoms. The number of hydrazine groups is 1. The van der Waals surface area contributed by atoms with Gasteiger partial charge in [-0.3, -0.25) is 5.84 Å². The van der Waals surface area contributed by atoms with Gasteiger partial charge in [-0.1, -0.05) is 5.57 Å². The molecule has 0 saturated carbocycles. The van der Waals surface area contributed by atoms with Crippen molar-refractivity contribution < 1.29 is 4.42 Å². The highest BCUT2D eigenvalue weighted by Crippen LogP contribution is 2.23. The molecule has 3 heteroatoms. The number of nitrogens with one attached hydrogen (secondary N) is 1. The average molecular weight is 180 g/mol. The van der Waals surface area contributed by atoms with E-state index in [0.717, 1.165) is 23.3 Å². The molecular formula is C10H16N2O. The molecule has 1 rings (SSSR count). The maximum atomic E-state index is 5.43. The first kappa shape index (κ1) is 10.0. The summed E-state index contributed by atoms with van der Waals surface area (Å²) in [5.41, 5.74) is 4.92. The fraction of sp³-hybridized carbons (Fsp3) is 0.400. The lowest BCUT2D eigenvalue weighted by molar-refractivity contribution is 0.413. The summed E-state index contributed by atoms with van der Waals surface area (Å²) >= 11 is 0. The quantitative estimate of drug-likeness (QED) is 0.423. The third-order valence-corrected chi connectivity index (χ3v) is 1.97. The number of nitrogens with two attached hydrogens (primary N) is 1. The Morgan fingerprint density at radius 2 is 2.46 bits per heavy atom. The topological polar surface area (TPSA) is 51.2 Å². The first-order valence-corrected chi connectivity index (χ1v) is 4.29. The van der Waals surface area contributed by atoms with Crippen molar-refractivity contribution in [3.8, 4) is 0 Å². The van der Waals surface area contributed by atoms with E-state index < -0.39 is 0 Å². The van der Waals surface area contributed by atoms with Crippen LogP contribution in [0.4, 0.5) is 0 Å². The van der Waals surface area contributed by atoms with E-state index in [9.17, 15) is 0 Å². The van der Waals surface area contributed by atoms with Gasteiger partial charge in [0.25, 0.3) is 0 Å². The first-order chi connectivity index (χ1) is 6.15. The smallest absolute Gasteiger partial charge is 0.125 e. The Labute approximate surface area is 78.6 Å². The molecule has 1 aromatic heterocycles. The molecule has 0 fully saturated rings. The van der Waals surface area contributed by atoms with Crippen molar-refractivity contribution in [2.24, 2.45) is 5.84 Å². The summed E-state index contributed by atoms with van der Waals surface area (Å²) in [4.78, 5) is 0. The second kappa shape index (κ2) is 4.25. The monoisotopic (exact) mass is 180 g/mol. The highest BCUT2D eigenvalue weighted by molar-refractivity contribution is 5.19. The van der Waals surface area contributed by atoms with Gasteiger partial charge >= 0.3 is 0 Å². The van der Waals surface area contributed by atoms with E-state index in [-0.39, 0.29) is 6.04 Å². The largest absolute Gasteiger partial charge is 0.467 e. The van der Waals surface area contributed by atoms with E-state index in [4.69, 9.17) is 10.3 Å². The Morgan fingerprint density at radius 1 is 1.77 bits per heavy atom. The maximum absolute atomic E-state index is 5.43. The molecule has 0 radical (unpaired) electrons. The maximum Gasteiger partial charge on any atom is 0.125 e. The Bertz CT molecular complexity index is 291. The van der Waals surface area contributed by atoms with Crippen molar-refractivity contribution >= 4 is 0 Å². The molecule has 1 unspecified atom stereocenters. The standard InChI is InChI=1S/C10H16N2O/c1-7(2)6-9(12-11)10-8(3)4-5-13-10/h4-5,9,12H,1,6,11H2,2-3H3. The fourth-order valence-corrected chi connectivity index (χ4v) is 1.32. The van der Waals surface area contributed by atoms with Crippen LogP contribution in [0.3, 0.4) is 0 Å². The van der Waals surface area contributed by atoms with Gasteiger partial charge in [0.15, 0.2) is 0 Å². The molecule has 0 amide bonds. The summed E-state index contributed by atoms with van der Waals surface area (Å²) in [5, 5.41) is 0. The zero-order valence-electron chi connectivity index (χ0n) is 8.13. The molecule has 0 aliphatic rings. The predicted octanol–water partition coefficient (Wildman–Crippen LogP) is 2.06. The molecule has 0 bridgehead atoms. The summed E-state index contributed by atoms with van der Waals surface area (Å²) in [6.45, 7) is 7.82. The van der Waals surface area contributed by atoms with E-state index in [1.807, 2.05) is 19.9 Å².